The minimum atomic E-state index is 0.243. The molecule has 1 aliphatic rings. The third-order valence-corrected chi connectivity index (χ3v) is 3.83. The molecule has 96 valence electrons. The lowest BCUT2D eigenvalue weighted by Gasteiger charge is -2.34. The molecule has 0 bridgehead atoms. The van der Waals surface area contributed by atoms with E-state index in [4.69, 9.17) is 16.9 Å². The van der Waals surface area contributed by atoms with E-state index in [2.05, 4.69) is 23.6 Å². The van der Waals surface area contributed by atoms with Crippen molar-refractivity contribution in [3.05, 3.63) is 28.8 Å². The Hall–Kier alpha value is -1.24. The van der Waals surface area contributed by atoms with Crippen LogP contribution < -0.4 is 10.6 Å². The number of nitriles is 1. The number of anilines is 1. The molecule has 0 aliphatic carbocycles. The molecular formula is C14H18ClN3. The standard InChI is InChI=1S/C14H18ClN3/c1-14(6-3-7-17-9-14)10-18-13-5-2-4-12(15)11(13)8-16/h2,4-5,17-18H,3,6-7,9-10H2,1H3. The van der Waals surface area contributed by atoms with Crippen molar-refractivity contribution in [2.45, 2.75) is 19.8 Å². The Bertz CT molecular complexity index is 459. The summed E-state index contributed by atoms with van der Waals surface area (Å²) < 4.78 is 0. The molecule has 1 fully saturated rings. The highest BCUT2D eigenvalue weighted by atomic mass is 35.5. The largest absolute Gasteiger partial charge is 0.383 e. The van der Waals surface area contributed by atoms with Crippen molar-refractivity contribution in [3.63, 3.8) is 0 Å². The van der Waals surface area contributed by atoms with Crippen molar-refractivity contribution in [3.8, 4) is 6.07 Å². The summed E-state index contributed by atoms with van der Waals surface area (Å²) in [6.45, 7) is 5.25. The van der Waals surface area contributed by atoms with Crippen LogP contribution in [-0.4, -0.2) is 19.6 Å². The molecule has 0 radical (unpaired) electrons. The predicted molar refractivity (Wildman–Crippen MR) is 74.9 cm³/mol. The molecule has 1 aliphatic heterocycles. The minimum absolute atomic E-state index is 0.243. The molecule has 0 spiro atoms. The Morgan fingerprint density at radius 2 is 2.39 bits per heavy atom. The quantitative estimate of drug-likeness (QED) is 0.881. The zero-order valence-electron chi connectivity index (χ0n) is 10.6. The van der Waals surface area contributed by atoms with Crippen LogP contribution in [0.4, 0.5) is 5.69 Å². The fourth-order valence-electron chi connectivity index (χ4n) is 2.36. The summed E-state index contributed by atoms with van der Waals surface area (Å²) in [5, 5.41) is 16.4. The molecule has 3 nitrogen and oxygen atoms in total. The van der Waals surface area contributed by atoms with Gasteiger partial charge in [-0.15, -0.1) is 0 Å². The van der Waals surface area contributed by atoms with Crippen LogP contribution in [0.15, 0.2) is 18.2 Å². The number of piperidine rings is 1. The molecule has 1 atom stereocenters. The summed E-state index contributed by atoms with van der Waals surface area (Å²) in [7, 11) is 0. The van der Waals surface area contributed by atoms with Gasteiger partial charge in [-0.1, -0.05) is 24.6 Å². The molecule has 1 aromatic carbocycles. The second-order valence-electron chi connectivity index (χ2n) is 5.22. The van der Waals surface area contributed by atoms with Crippen molar-refractivity contribution >= 4 is 17.3 Å². The topological polar surface area (TPSA) is 47.9 Å². The summed E-state index contributed by atoms with van der Waals surface area (Å²) in [5.41, 5.74) is 1.61. The maximum atomic E-state index is 9.11. The number of benzene rings is 1. The van der Waals surface area contributed by atoms with E-state index in [-0.39, 0.29) is 5.41 Å². The second-order valence-corrected chi connectivity index (χ2v) is 5.63. The van der Waals surface area contributed by atoms with Crippen LogP contribution in [0.5, 0.6) is 0 Å². The zero-order chi connectivity index (χ0) is 13.0. The average Bonchev–Trinajstić information content (AvgIpc) is 2.37. The van der Waals surface area contributed by atoms with Gasteiger partial charge < -0.3 is 10.6 Å². The van der Waals surface area contributed by atoms with Gasteiger partial charge in [-0.25, -0.2) is 0 Å². The Balaban J connectivity index is 2.06. The third kappa shape index (κ3) is 2.95. The Kier molecular flexibility index (Phi) is 4.11. The summed E-state index contributed by atoms with van der Waals surface area (Å²) >= 11 is 6.01. The van der Waals surface area contributed by atoms with Crippen LogP contribution in [-0.2, 0) is 0 Å². The fraction of sp³-hybridized carbons (Fsp3) is 0.500. The molecule has 0 aromatic heterocycles. The molecule has 1 unspecified atom stereocenters. The van der Waals surface area contributed by atoms with E-state index in [0.29, 0.717) is 10.6 Å². The molecule has 1 saturated heterocycles. The second kappa shape index (κ2) is 5.60. The number of hydrogen-bond donors (Lipinski definition) is 2. The number of nitrogens with zero attached hydrogens (tertiary/aromatic N) is 1. The molecule has 0 amide bonds. The van der Waals surface area contributed by atoms with E-state index in [1.807, 2.05) is 12.1 Å². The van der Waals surface area contributed by atoms with E-state index < -0.39 is 0 Å². The van der Waals surface area contributed by atoms with Gasteiger partial charge in [-0.3, -0.25) is 0 Å². The molecule has 0 saturated carbocycles. The number of nitrogens with one attached hydrogen (secondary N) is 2. The maximum Gasteiger partial charge on any atom is 0.103 e. The molecule has 2 rings (SSSR count). The van der Waals surface area contributed by atoms with E-state index in [0.717, 1.165) is 25.3 Å². The van der Waals surface area contributed by atoms with Crippen LogP contribution in [0.25, 0.3) is 0 Å². The van der Waals surface area contributed by atoms with Gasteiger partial charge in [0.2, 0.25) is 0 Å². The number of rotatable bonds is 3. The van der Waals surface area contributed by atoms with Crippen molar-refractivity contribution in [1.29, 1.82) is 5.26 Å². The lowest BCUT2D eigenvalue weighted by Crippen LogP contribution is -2.42. The van der Waals surface area contributed by atoms with Crippen LogP contribution >= 0.6 is 11.6 Å². The lowest BCUT2D eigenvalue weighted by molar-refractivity contribution is 0.253. The first kappa shape index (κ1) is 13.2. The van der Waals surface area contributed by atoms with E-state index >= 15 is 0 Å². The fourth-order valence-corrected chi connectivity index (χ4v) is 2.58. The van der Waals surface area contributed by atoms with Gasteiger partial charge in [0.15, 0.2) is 0 Å². The average molecular weight is 264 g/mol. The summed E-state index contributed by atoms with van der Waals surface area (Å²) in [4.78, 5) is 0. The van der Waals surface area contributed by atoms with Crippen molar-refractivity contribution in [2.24, 2.45) is 5.41 Å². The van der Waals surface area contributed by atoms with Gasteiger partial charge in [0.1, 0.15) is 6.07 Å². The minimum Gasteiger partial charge on any atom is -0.383 e. The number of halogens is 1. The smallest absolute Gasteiger partial charge is 0.103 e. The molecule has 4 heteroatoms. The van der Waals surface area contributed by atoms with Crippen molar-refractivity contribution < 1.29 is 0 Å². The van der Waals surface area contributed by atoms with Crippen LogP contribution in [0, 0.1) is 16.7 Å². The first-order valence-corrected chi connectivity index (χ1v) is 6.66. The summed E-state index contributed by atoms with van der Waals surface area (Å²) in [6.07, 6.45) is 2.41. The lowest BCUT2D eigenvalue weighted by atomic mass is 9.82. The Morgan fingerprint density at radius 3 is 3.06 bits per heavy atom. The van der Waals surface area contributed by atoms with Crippen LogP contribution in [0.2, 0.25) is 5.02 Å². The molecular weight excluding hydrogens is 246 g/mol. The number of hydrogen-bond acceptors (Lipinski definition) is 3. The van der Waals surface area contributed by atoms with E-state index in [1.54, 1.807) is 6.07 Å². The maximum absolute atomic E-state index is 9.11. The molecule has 18 heavy (non-hydrogen) atoms. The van der Waals surface area contributed by atoms with E-state index in [1.165, 1.54) is 12.8 Å². The third-order valence-electron chi connectivity index (χ3n) is 3.52. The van der Waals surface area contributed by atoms with Crippen LogP contribution in [0.3, 0.4) is 0 Å². The zero-order valence-corrected chi connectivity index (χ0v) is 11.3. The normalized spacial score (nSPS) is 23.4. The summed E-state index contributed by atoms with van der Waals surface area (Å²) in [6, 6.07) is 7.67. The molecule has 2 N–H and O–H groups in total. The highest BCUT2D eigenvalue weighted by Gasteiger charge is 2.26. The van der Waals surface area contributed by atoms with Gasteiger partial charge in [-0.05, 0) is 36.9 Å². The monoisotopic (exact) mass is 263 g/mol. The Morgan fingerprint density at radius 1 is 1.56 bits per heavy atom. The molecule has 1 aromatic rings. The Labute approximate surface area is 113 Å². The SMILES string of the molecule is CC1(CNc2cccc(Cl)c2C#N)CCCNC1. The highest BCUT2D eigenvalue weighted by Crippen LogP contribution is 2.28. The summed E-state index contributed by atoms with van der Waals surface area (Å²) in [5.74, 6) is 0. The highest BCUT2D eigenvalue weighted by molar-refractivity contribution is 6.32. The van der Waals surface area contributed by atoms with E-state index in [9.17, 15) is 0 Å². The van der Waals surface area contributed by atoms with Gasteiger partial charge in [0.25, 0.3) is 0 Å². The van der Waals surface area contributed by atoms with Crippen molar-refractivity contribution in [2.75, 3.05) is 25.0 Å². The predicted octanol–water partition coefficient (Wildman–Crippen LogP) is 3.01. The van der Waals surface area contributed by atoms with Gasteiger partial charge >= 0.3 is 0 Å². The van der Waals surface area contributed by atoms with Gasteiger partial charge in [0, 0.05) is 13.1 Å². The van der Waals surface area contributed by atoms with Gasteiger partial charge in [0.05, 0.1) is 16.3 Å². The first-order valence-electron chi connectivity index (χ1n) is 6.28. The van der Waals surface area contributed by atoms with Crippen molar-refractivity contribution in [1.82, 2.24) is 5.32 Å². The van der Waals surface area contributed by atoms with Crippen LogP contribution in [0.1, 0.15) is 25.3 Å². The van der Waals surface area contributed by atoms with Gasteiger partial charge in [-0.2, -0.15) is 5.26 Å². The first-order chi connectivity index (χ1) is 8.64. The molecule has 1 heterocycles.